The summed E-state index contributed by atoms with van der Waals surface area (Å²) in [5.74, 6) is -0.673. The molecule has 0 aliphatic carbocycles. The van der Waals surface area contributed by atoms with Crippen LogP contribution < -0.4 is 5.11 Å². The SMILES string of the molecule is CO[C@@H]1OC(C)[C@H](O[C@@H]2O[C@@H](C(=O)[O-])[C@H](C)[C@@H](C)C2C)[C@@H](C)C1C. The molecule has 2 aliphatic heterocycles. The van der Waals surface area contributed by atoms with Crippen LogP contribution in [0.15, 0.2) is 0 Å². The van der Waals surface area contributed by atoms with E-state index in [1.54, 1.807) is 7.11 Å². The zero-order valence-corrected chi connectivity index (χ0v) is 15.7. The first-order valence-corrected chi connectivity index (χ1v) is 8.89. The molecule has 2 rings (SSSR count). The molecule has 0 saturated carbocycles. The molecule has 0 aromatic rings. The minimum atomic E-state index is -1.18. The van der Waals surface area contributed by atoms with Gasteiger partial charge in [0, 0.05) is 18.9 Å². The largest absolute Gasteiger partial charge is 0.547 e. The van der Waals surface area contributed by atoms with Crippen LogP contribution in [0, 0.1) is 29.6 Å². The van der Waals surface area contributed by atoms with E-state index in [1.165, 1.54) is 0 Å². The molecule has 6 nitrogen and oxygen atoms in total. The van der Waals surface area contributed by atoms with E-state index in [0.29, 0.717) is 0 Å². The highest BCUT2D eigenvalue weighted by Gasteiger charge is 2.45. The minimum absolute atomic E-state index is 0.0884. The summed E-state index contributed by atoms with van der Waals surface area (Å²) in [4.78, 5) is 11.4. The second-order valence-electron chi connectivity index (χ2n) is 7.59. The maximum atomic E-state index is 11.4. The fraction of sp³-hybridized carbons (Fsp3) is 0.944. The quantitative estimate of drug-likeness (QED) is 0.768. The molecule has 140 valence electrons. The number of rotatable bonds is 4. The van der Waals surface area contributed by atoms with E-state index in [-0.39, 0.29) is 48.1 Å². The molecule has 2 saturated heterocycles. The first-order valence-electron chi connectivity index (χ1n) is 8.89. The Balaban J connectivity index is 2.12. The molecular weight excluding hydrogens is 312 g/mol. The van der Waals surface area contributed by atoms with Crippen LogP contribution in [-0.2, 0) is 23.7 Å². The zero-order chi connectivity index (χ0) is 18.2. The zero-order valence-electron chi connectivity index (χ0n) is 15.7. The summed E-state index contributed by atoms with van der Waals surface area (Å²) >= 11 is 0. The molecule has 0 N–H and O–H groups in total. The predicted molar refractivity (Wildman–Crippen MR) is 85.7 cm³/mol. The summed E-state index contributed by atoms with van der Waals surface area (Å²) < 4.78 is 23.3. The molecule has 0 spiro atoms. The third-order valence-corrected chi connectivity index (χ3v) is 6.19. The molecule has 2 fully saturated rings. The van der Waals surface area contributed by atoms with Crippen molar-refractivity contribution in [2.24, 2.45) is 29.6 Å². The highest BCUT2D eigenvalue weighted by molar-refractivity contribution is 5.70. The van der Waals surface area contributed by atoms with Crippen molar-refractivity contribution in [3.63, 3.8) is 0 Å². The molecule has 0 radical (unpaired) electrons. The van der Waals surface area contributed by atoms with E-state index >= 15 is 0 Å². The number of hydrogen-bond acceptors (Lipinski definition) is 6. The lowest BCUT2D eigenvalue weighted by atomic mass is 9.78. The van der Waals surface area contributed by atoms with Crippen LogP contribution >= 0.6 is 0 Å². The number of methoxy groups -OCH3 is 1. The number of aliphatic carboxylic acids is 1. The summed E-state index contributed by atoms with van der Waals surface area (Å²) in [6, 6.07) is 0. The Morgan fingerprint density at radius 1 is 0.833 bits per heavy atom. The molecule has 0 amide bonds. The number of carbonyl (C=O) groups excluding carboxylic acids is 1. The summed E-state index contributed by atoms with van der Waals surface area (Å²) in [5.41, 5.74) is 0. The molecule has 2 heterocycles. The third kappa shape index (κ3) is 3.62. The molecule has 0 bridgehead atoms. The predicted octanol–water partition coefficient (Wildman–Crippen LogP) is 1.42. The van der Waals surface area contributed by atoms with E-state index in [9.17, 15) is 9.90 Å². The minimum Gasteiger partial charge on any atom is -0.547 e. The van der Waals surface area contributed by atoms with E-state index in [4.69, 9.17) is 18.9 Å². The van der Waals surface area contributed by atoms with Gasteiger partial charge >= 0.3 is 0 Å². The van der Waals surface area contributed by atoms with Crippen LogP contribution in [0.1, 0.15) is 41.5 Å². The van der Waals surface area contributed by atoms with Gasteiger partial charge in [0.1, 0.15) is 6.10 Å². The second kappa shape index (κ2) is 7.68. The van der Waals surface area contributed by atoms with Gasteiger partial charge in [0.25, 0.3) is 0 Å². The topological polar surface area (TPSA) is 77.0 Å². The Kier molecular flexibility index (Phi) is 6.29. The van der Waals surface area contributed by atoms with Gasteiger partial charge in [-0.15, -0.1) is 0 Å². The summed E-state index contributed by atoms with van der Waals surface area (Å²) in [6.45, 7) is 12.1. The maximum absolute atomic E-state index is 11.4. The van der Waals surface area contributed by atoms with Crippen LogP contribution in [0.4, 0.5) is 0 Å². The van der Waals surface area contributed by atoms with Crippen molar-refractivity contribution in [3.05, 3.63) is 0 Å². The van der Waals surface area contributed by atoms with E-state index in [1.807, 2.05) is 27.7 Å². The molecule has 6 heteroatoms. The van der Waals surface area contributed by atoms with Crippen molar-refractivity contribution >= 4 is 5.97 Å². The first-order chi connectivity index (χ1) is 11.2. The fourth-order valence-electron chi connectivity index (χ4n) is 3.87. The molecule has 0 aromatic heterocycles. The fourth-order valence-corrected chi connectivity index (χ4v) is 3.87. The van der Waals surface area contributed by atoms with E-state index in [0.717, 1.165) is 0 Å². The summed E-state index contributed by atoms with van der Waals surface area (Å²) in [6.07, 6.45) is -2.12. The second-order valence-corrected chi connectivity index (χ2v) is 7.59. The number of carboxylic acid groups (broad SMARTS) is 1. The van der Waals surface area contributed by atoms with Crippen LogP contribution in [0.25, 0.3) is 0 Å². The van der Waals surface area contributed by atoms with Crippen molar-refractivity contribution < 1.29 is 28.8 Å². The van der Waals surface area contributed by atoms with Crippen LogP contribution in [-0.4, -0.2) is 44.0 Å². The summed E-state index contributed by atoms with van der Waals surface area (Å²) in [5, 5.41) is 11.4. The molecular formula is C18H31O6-. The van der Waals surface area contributed by atoms with Crippen LogP contribution in [0.3, 0.4) is 0 Å². The van der Waals surface area contributed by atoms with Gasteiger partial charge in [-0.1, -0.05) is 34.6 Å². The lowest BCUT2D eigenvalue weighted by Gasteiger charge is -2.48. The molecule has 3 unspecified atom stereocenters. The van der Waals surface area contributed by atoms with Crippen molar-refractivity contribution in [2.75, 3.05) is 7.11 Å². The normalized spacial score (nSPS) is 49.8. The average molecular weight is 343 g/mol. The average Bonchev–Trinajstić information content (AvgIpc) is 2.54. The number of carbonyl (C=O) groups is 1. The van der Waals surface area contributed by atoms with Gasteiger partial charge in [0.2, 0.25) is 0 Å². The van der Waals surface area contributed by atoms with Gasteiger partial charge in [-0.25, -0.2) is 0 Å². The molecule has 10 atom stereocenters. The van der Waals surface area contributed by atoms with Crippen molar-refractivity contribution in [1.82, 2.24) is 0 Å². The van der Waals surface area contributed by atoms with Crippen LogP contribution in [0.5, 0.6) is 0 Å². The van der Waals surface area contributed by atoms with Gasteiger partial charge < -0.3 is 28.8 Å². The van der Waals surface area contributed by atoms with Gasteiger partial charge in [-0.05, 0) is 24.7 Å². The molecule has 0 aromatic carbocycles. The van der Waals surface area contributed by atoms with Crippen molar-refractivity contribution in [3.8, 4) is 0 Å². The van der Waals surface area contributed by atoms with Crippen molar-refractivity contribution in [1.29, 1.82) is 0 Å². The van der Waals surface area contributed by atoms with Crippen molar-refractivity contribution in [2.45, 2.75) is 72.4 Å². The Hall–Kier alpha value is -0.690. The maximum Gasteiger partial charge on any atom is 0.161 e. The first kappa shape index (κ1) is 19.6. The summed E-state index contributed by atoms with van der Waals surface area (Å²) in [7, 11) is 1.64. The van der Waals surface area contributed by atoms with Gasteiger partial charge in [-0.3, -0.25) is 0 Å². The highest BCUT2D eigenvalue weighted by Crippen LogP contribution is 2.39. The third-order valence-electron chi connectivity index (χ3n) is 6.19. The smallest absolute Gasteiger partial charge is 0.161 e. The standard InChI is InChI=1S/C18H32O6/c1-8-9(2)15(16(19)20)24-18(11(8)4)23-14-10(3)12(5)17(21-7)22-13(14)6/h8-15,17-18H,1-7H3,(H,19,20)/p-1/t8-,9-,10+,11?,12?,13?,14-,15-,17-,18-/m1/s1. The Morgan fingerprint density at radius 3 is 1.96 bits per heavy atom. The number of carboxylic acids is 1. The number of hydrogen-bond donors (Lipinski definition) is 0. The number of ether oxygens (including phenoxy) is 4. The van der Waals surface area contributed by atoms with Gasteiger partial charge in [0.05, 0.1) is 18.2 Å². The van der Waals surface area contributed by atoms with Crippen LogP contribution in [0.2, 0.25) is 0 Å². The van der Waals surface area contributed by atoms with Gasteiger partial charge in [-0.2, -0.15) is 0 Å². The highest BCUT2D eigenvalue weighted by atomic mass is 16.7. The lowest BCUT2D eigenvalue weighted by molar-refractivity contribution is -0.349. The van der Waals surface area contributed by atoms with E-state index < -0.39 is 18.4 Å². The molecule has 24 heavy (non-hydrogen) atoms. The monoisotopic (exact) mass is 343 g/mol. The van der Waals surface area contributed by atoms with E-state index in [2.05, 4.69) is 13.8 Å². The Bertz CT molecular complexity index is 441. The van der Waals surface area contributed by atoms with Gasteiger partial charge in [0.15, 0.2) is 12.6 Å². The Labute approximate surface area is 144 Å². The lowest BCUT2D eigenvalue weighted by Crippen LogP contribution is -2.56. The molecule has 2 aliphatic rings. The Morgan fingerprint density at radius 2 is 1.42 bits per heavy atom.